The summed E-state index contributed by atoms with van der Waals surface area (Å²) in [7, 11) is 0. The van der Waals surface area contributed by atoms with Gasteiger partial charge in [0, 0.05) is 6.20 Å². The molecule has 1 aliphatic heterocycles. The third-order valence-electron chi connectivity index (χ3n) is 3.41. The van der Waals surface area contributed by atoms with Crippen LogP contribution in [0.25, 0.3) is 11.0 Å². The molecule has 0 aliphatic carbocycles. The molecule has 3 rings (SSSR count). The van der Waals surface area contributed by atoms with Gasteiger partial charge in [0.2, 0.25) is 0 Å². The van der Waals surface area contributed by atoms with Gasteiger partial charge in [-0.25, -0.2) is 9.97 Å². The minimum atomic E-state index is -1.19. The van der Waals surface area contributed by atoms with Gasteiger partial charge in [0.1, 0.15) is 30.3 Å². The Balaban J connectivity index is 2.03. The van der Waals surface area contributed by atoms with Crippen molar-refractivity contribution in [1.82, 2.24) is 14.5 Å². The lowest BCUT2D eigenvalue weighted by Gasteiger charge is -2.17. The van der Waals surface area contributed by atoms with E-state index in [4.69, 9.17) is 15.1 Å². The van der Waals surface area contributed by atoms with E-state index in [1.54, 1.807) is 12.3 Å². The molecule has 1 saturated heterocycles. The molecule has 9 heteroatoms. The Morgan fingerprint density at radius 3 is 2.75 bits per heavy atom. The molecule has 0 unspecified atom stereocenters. The number of nitrogens with zero attached hydrogens (tertiary/aromatic N) is 3. The van der Waals surface area contributed by atoms with Gasteiger partial charge in [-0.1, -0.05) is 0 Å². The molecule has 0 saturated carbocycles. The summed E-state index contributed by atoms with van der Waals surface area (Å²) in [6, 6.07) is 1.64. The van der Waals surface area contributed by atoms with E-state index in [2.05, 4.69) is 9.97 Å². The number of hydrogen-bond acceptors (Lipinski definition) is 8. The SMILES string of the molecule is OC[C@@H]1O[C@@H](n2ccc3c(NO)ncnc32)[C@@H](O)[C@@H]1O. The average molecular weight is 282 g/mol. The first-order valence-corrected chi connectivity index (χ1v) is 6.01. The highest BCUT2D eigenvalue weighted by atomic mass is 16.6. The monoisotopic (exact) mass is 282 g/mol. The first kappa shape index (κ1) is 13.2. The van der Waals surface area contributed by atoms with Gasteiger partial charge < -0.3 is 24.6 Å². The summed E-state index contributed by atoms with van der Waals surface area (Å²) in [5, 5.41) is 38.4. The Bertz CT molecular complexity index is 618. The van der Waals surface area contributed by atoms with Crippen LogP contribution in [0.15, 0.2) is 18.6 Å². The largest absolute Gasteiger partial charge is 0.394 e. The minimum Gasteiger partial charge on any atom is -0.394 e. The summed E-state index contributed by atoms with van der Waals surface area (Å²) in [4.78, 5) is 7.92. The zero-order valence-corrected chi connectivity index (χ0v) is 10.3. The van der Waals surface area contributed by atoms with Crippen LogP contribution in [-0.2, 0) is 4.74 Å². The number of ether oxygens (including phenoxy) is 1. The molecule has 9 nitrogen and oxygen atoms in total. The third-order valence-corrected chi connectivity index (χ3v) is 3.41. The van der Waals surface area contributed by atoms with E-state index in [0.29, 0.717) is 11.0 Å². The van der Waals surface area contributed by atoms with E-state index in [1.165, 1.54) is 10.9 Å². The van der Waals surface area contributed by atoms with Gasteiger partial charge >= 0.3 is 0 Å². The maximum Gasteiger partial charge on any atom is 0.164 e. The van der Waals surface area contributed by atoms with Gasteiger partial charge in [0.05, 0.1) is 12.0 Å². The van der Waals surface area contributed by atoms with Crippen LogP contribution in [0.4, 0.5) is 5.82 Å². The Kier molecular flexibility index (Phi) is 3.28. The topological polar surface area (TPSA) is 133 Å². The number of anilines is 1. The number of rotatable bonds is 3. The van der Waals surface area contributed by atoms with Crippen molar-refractivity contribution < 1.29 is 25.3 Å². The molecule has 0 radical (unpaired) electrons. The second-order valence-electron chi connectivity index (χ2n) is 4.52. The maximum atomic E-state index is 10.0. The molecule has 5 N–H and O–H groups in total. The van der Waals surface area contributed by atoms with E-state index < -0.39 is 31.1 Å². The van der Waals surface area contributed by atoms with Gasteiger partial charge in [-0.05, 0) is 6.07 Å². The fraction of sp³-hybridized carbons (Fsp3) is 0.455. The number of aromatic nitrogens is 3. The number of aliphatic hydroxyl groups is 3. The highest BCUT2D eigenvalue weighted by Gasteiger charge is 2.43. The van der Waals surface area contributed by atoms with Crippen LogP contribution >= 0.6 is 0 Å². The van der Waals surface area contributed by atoms with Crippen LogP contribution in [0.2, 0.25) is 0 Å². The van der Waals surface area contributed by atoms with Crippen LogP contribution < -0.4 is 5.48 Å². The molecule has 3 heterocycles. The molecular formula is C11H14N4O5. The molecule has 2 aromatic heterocycles. The van der Waals surface area contributed by atoms with E-state index in [1.807, 2.05) is 5.48 Å². The van der Waals surface area contributed by atoms with Crippen molar-refractivity contribution in [1.29, 1.82) is 0 Å². The lowest BCUT2D eigenvalue weighted by atomic mass is 10.1. The lowest BCUT2D eigenvalue weighted by Crippen LogP contribution is -2.33. The van der Waals surface area contributed by atoms with Crippen molar-refractivity contribution in [2.45, 2.75) is 24.5 Å². The van der Waals surface area contributed by atoms with Gasteiger partial charge in [0.15, 0.2) is 12.0 Å². The van der Waals surface area contributed by atoms with Crippen LogP contribution in [0, 0.1) is 0 Å². The molecule has 0 amide bonds. The van der Waals surface area contributed by atoms with Crippen molar-refractivity contribution in [2.24, 2.45) is 0 Å². The van der Waals surface area contributed by atoms with Gasteiger partial charge in [0.25, 0.3) is 0 Å². The standard InChI is InChI=1S/C11H14N4O5/c16-3-6-7(17)8(18)11(20-6)15-2-1-5-9(14-19)12-4-13-10(5)15/h1-2,4,6-8,11,16-19H,3H2,(H,12,13,14)/t6-,7+,8-,11+/m0/s1. The number of fused-ring (bicyclic) bond motifs is 1. The maximum absolute atomic E-state index is 10.0. The average Bonchev–Trinajstić information content (AvgIpc) is 3.01. The zero-order chi connectivity index (χ0) is 14.3. The predicted molar refractivity (Wildman–Crippen MR) is 65.9 cm³/mol. The summed E-state index contributed by atoms with van der Waals surface area (Å²) in [6.07, 6.45) is -1.26. The summed E-state index contributed by atoms with van der Waals surface area (Å²) in [5.41, 5.74) is 2.38. The first-order chi connectivity index (χ1) is 9.67. The second-order valence-corrected chi connectivity index (χ2v) is 4.52. The van der Waals surface area contributed by atoms with Crippen molar-refractivity contribution >= 4 is 16.9 Å². The molecule has 1 aliphatic rings. The fourth-order valence-electron chi connectivity index (χ4n) is 2.38. The zero-order valence-electron chi connectivity index (χ0n) is 10.3. The summed E-state index contributed by atoms with van der Waals surface area (Å²) < 4.78 is 6.95. The first-order valence-electron chi connectivity index (χ1n) is 6.01. The van der Waals surface area contributed by atoms with Crippen molar-refractivity contribution in [3.63, 3.8) is 0 Å². The van der Waals surface area contributed by atoms with Crippen LogP contribution in [-0.4, -0.2) is 60.0 Å². The highest BCUT2D eigenvalue weighted by Crippen LogP contribution is 2.32. The molecule has 4 atom stereocenters. The Morgan fingerprint density at radius 1 is 1.30 bits per heavy atom. The van der Waals surface area contributed by atoms with Gasteiger partial charge in [-0.15, -0.1) is 0 Å². The molecule has 2 aromatic rings. The number of aliphatic hydroxyl groups excluding tert-OH is 3. The smallest absolute Gasteiger partial charge is 0.164 e. The molecule has 0 aromatic carbocycles. The molecule has 0 bridgehead atoms. The normalized spacial score (nSPS) is 30.0. The van der Waals surface area contributed by atoms with E-state index in [0.717, 1.165) is 0 Å². The van der Waals surface area contributed by atoms with E-state index >= 15 is 0 Å². The summed E-state index contributed by atoms with van der Waals surface area (Å²) in [5.74, 6) is 0.223. The van der Waals surface area contributed by atoms with E-state index in [9.17, 15) is 10.2 Å². The second kappa shape index (κ2) is 4.96. The van der Waals surface area contributed by atoms with Gasteiger partial charge in [-0.3, -0.25) is 10.7 Å². The molecule has 1 fully saturated rings. The summed E-state index contributed by atoms with van der Waals surface area (Å²) in [6.45, 7) is -0.396. The van der Waals surface area contributed by atoms with Crippen LogP contribution in [0.1, 0.15) is 6.23 Å². The minimum absolute atomic E-state index is 0.223. The fourth-order valence-corrected chi connectivity index (χ4v) is 2.38. The molecule has 108 valence electrons. The number of nitrogens with one attached hydrogen (secondary N) is 1. The van der Waals surface area contributed by atoms with Crippen molar-refractivity contribution in [3.05, 3.63) is 18.6 Å². The molecule has 0 spiro atoms. The van der Waals surface area contributed by atoms with E-state index in [-0.39, 0.29) is 5.82 Å². The molecule has 20 heavy (non-hydrogen) atoms. The lowest BCUT2D eigenvalue weighted by molar-refractivity contribution is -0.0508. The third kappa shape index (κ3) is 1.84. The van der Waals surface area contributed by atoms with Crippen LogP contribution in [0.5, 0.6) is 0 Å². The highest BCUT2D eigenvalue weighted by molar-refractivity contribution is 5.86. The van der Waals surface area contributed by atoms with Gasteiger partial charge in [-0.2, -0.15) is 0 Å². The van der Waals surface area contributed by atoms with Crippen molar-refractivity contribution in [2.75, 3.05) is 12.1 Å². The van der Waals surface area contributed by atoms with Crippen molar-refractivity contribution in [3.8, 4) is 0 Å². The Hall–Kier alpha value is -1.78. The quantitative estimate of drug-likeness (QED) is 0.445. The Labute approximate surface area is 113 Å². The summed E-state index contributed by atoms with van der Waals surface area (Å²) >= 11 is 0. The van der Waals surface area contributed by atoms with Crippen LogP contribution in [0.3, 0.4) is 0 Å². The number of hydrogen-bond donors (Lipinski definition) is 5. The Morgan fingerprint density at radius 2 is 2.10 bits per heavy atom. The predicted octanol–water partition coefficient (Wildman–Crippen LogP) is -1.16. The molecular weight excluding hydrogens is 268 g/mol.